The third kappa shape index (κ3) is 4.48. The van der Waals surface area contributed by atoms with Gasteiger partial charge in [0, 0.05) is 9.58 Å². The zero-order chi connectivity index (χ0) is 31.5. The van der Waals surface area contributed by atoms with Crippen molar-refractivity contribution in [3.05, 3.63) is 146 Å². The van der Waals surface area contributed by atoms with Gasteiger partial charge in [0.1, 0.15) is 24.7 Å². The van der Waals surface area contributed by atoms with Gasteiger partial charge in [0.2, 0.25) is 0 Å². The summed E-state index contributed by atoms with van der Waals surface area (Å²) >= 11 is 3.58. The van der Waals surface area contributed by atoms with Crippen molar-refractivity contribution in [2.45, 2.75) is 5.41 Å². The minimum atomic E-state index is -0.563. The first-order chi connectivity index (χ1) is 23.1. The minimum Gasteiger partial charge on any atom is -0.491 e. The molecule has 0 atom stereocenters. The summed E-state index contributed by atoms with van der Waals surface area (Å²) in [7, 11) is 0. The zero-order valence-electron chi connectivity index (χ0n) is 25.4. The number of aliphatic hydroxyl groups is 2. The lowest BCUT2D eigenvalue weighted by molar-refractivity contribution is 0.201. The Morgan fingerprint density at radius 3 is 1.85 bits per heavy atom. The van der Waals surface area contributed by atoms with E-state index >= 15 is 0 Å². The van der Waals surface area contributed by atoms with Gasteiger partial charge in [0.25, 0.3) is 0 Å². The van der Waals surface area contributed by atoms with Crippen molar-refractivity contribution in [2.75, 3.05) is 26.4 Å². The molecule has 2 aliphatic rings. The van der Waals surface area contributed by atoms with Crippen LogP contribution >= 0.6 is 22.7 Å². The molecule has 2 aromatic heterocycles. The van der Waals surface area contributed by atoms with Crippen LogP contribution in [-0.2, 0) is 5.41 Å². The Kier molecular flexibility index (Phi) is 6.80. The topological polar surface area (TPSA) is 58.9 Å². The maximum absolute atomic E-state index is 9.27. The van der Waals surface area contributed by atoms with E-state index < -0.39 is 5.41 Å². The maximum Gasteiger partial charge on any atom is 0.120 e. The van der Waals surface area contributed by atoms with E-state index in [-0.39, 0.29) is 26.4 Å². The third-order valence-corrected chi connectivity index (χ3v) is 11.2. The highest BCUT2D eigenvalue weighted by atomic mass is 32.1. The second-order valence-corrected chi connectivity index (χ2v) is 13.9. The summed E-state index contributed by atoms with van der Waals surface area (Å²) in [5.41, 5.74) is 8.27. The average Bonchev–Trinajstić information content (AvgIpc) is 3.86. The van der Waals surface area contributed by atoms with Crippen molar-refractivity contribution in [3.63, 3.8) is 0 Å². The molecule has 0 aliphatic heterocycles. The smallest absolute Gasteiger partial charge is 0.120 e. The van der Waals surface area contributed by atoms with Crippen LogP contribution in [0.1, 0.15) is 32.7 Å². The van der Waals surface area contributed by atoms with Gasteiger partial charge in [-0.2, -0.15) is 0 Å². The van der Waals surface area contributed by atoms with Crippen LogP contribution in [0.5, 0.6) is 11.5 Å². The molecule has 0 amide bonds. The van der Waals surface area contributed by atoms with E-state index in [1.165, 1.54) is 53.9 Å². The molecular formula is C41H30O4S2. The molecule has 2 aliphatic carbocycles. The van der Waals surface area contributed by atoms with E-state index in [1.54, 1.807) is 22.7 Å². The van der Waals surface area contributed by atoms with E-state index in [1.807, 2.05) is 24.3 Å². The van der Waals surface area contributed by atoms with Crippen molar-refractivity contribution in [3.8, 4) is 11.5 Å². The lowest BCUT2D eigenvalue weighted by Gasteiger charge is -2.41. The van der Waals surface area contributed by atoms with Gasteiger partial charge >= 0.3 is 0 Å². The molecule has 0 bridgehead atoms. The van der Waals surface area contributed by atoms with Crippen molar-refractivity contribution in [2.24, 2.45) is 0 Å². The van der Waals surface area contributed by atoms with Crippen molar-refractivity contribution >= 4 is 72.0 Å². The first-order valence-corrected chi connectivity index (χ1v) is 17.5. The number of ether oxygens (including phenoxy) is 2. The molecule has 7 aromatic rings. The summed E-state index contributed by atoms with van der Waals surface area (Å²) in [6, 6.07) is 35.2. The number of benzene rings is 5. The van der Waals surface area contributed by atoms with Crippen LogP contribution in [0.25, 0.3) is 49.4 Å². The van der Waals surface area contributed by atoms with Crippen LogP contribution in [0.4, 0.5) is 0 Å². The fourth-order valence-electron chi connectivity index (χ4n) is 7.45. The molecule has 5 aromatic carbocycles. The first-order valence-electron chi connectivity index (χ1n) is 15.8. The summed E-state index contributed by atoms with van der Waals surface area (Å²) in [6.07, 6.45) is 4.82. The molecule has 0 spiro atoms. The fourth-order valence-corrected chi connectivity index (χ4v) is 9.15. The highest BCUT2D eigenvalue weighted by Gasteiger charge is 2.47. The molecule has 4 nitrogen and oxygen atoms in total. The van der Waals surface area contributed by atoms with E-state index in [4.69, 9.17) is 9.47 Å². The van der Waals surface area contributed by atoms with E-state index in [0.29, 0.717) is 0 Å². The molecule has 230 valence electrons. The molecule has 0 fully saturated rings. The van der Waals surface area contributed by atoms with Gasteiger partial charge in [-0.25, -0.2) is 0 Å². The zero-order valence-corrected chi connectivity index (χ0v) is 27.0. The number of aliphatic hydroxyl groups excluding tert-OH is 2. The van der Waals surface area contributed by atoms with Crippen molar-refractivity contribution in [1.82, 2.24) is 0 Å². The second-order valence-electron chi connectivity index (χ2n) is 12.1. The first kappa shape index (κ1) is 28.5. The van der Waals surface area contributed by atoms with Crippen LogP contribution in [0.15, 0.2) is 113 Å². The average molecular weight is 651 g/mol. The van der Waals surface area contributed by atoms with Crippen LogP contribution < -0.4 is 9.47 Å². The SMILES string of the molecule is OCCOc1ccc2cc(C3(c4ccc5cc(OCCO)ccc5c4)C4=Cc5cc6sccc6cc5C4=Cc4sccc43)ccc2c1. The van der Waals surface area contributed by atoms with Crippen LogP contribution in [0.2, 0.25) is 0 Å². The molecule has 6 heteroatoms. The molecule has 0 saturated heterocycles. The highest BCUT2D eigenvalue weighted by molar-refractivity contribution is 7.17. The Labute approximate surface area is 280 Å². The molecule has 2 heterocycles. The Bertz CT molecular complexity index is 2320. The number of rotatable bonds is 8. The van der Waals surface area contributed by atoms with Gasteiger partial charge in [0.15, 0.2) is 0 Å². The van der Waals surface area contributed by atoms with Crippen molar-refractivity contribution in [1.29, 1.82) is 0 Å². The summed E-state index contributed by atoms with van der Waals surface area (Å²) in [4.78, 5) is 1.27. The lowest BCUT2D eigenvalue weighted by Crippen LogP contribution is -2.33. The quantitative estimate of drug-likeness (QED) is 0.172. The summed E-state index contributed by atoms with van der Waals surface area (Å²) in [5, 5.41) is 28.7. The predicted molar refractivity (Wildman–Crippen MR) is 195 cm³/mol. The minimum absolute atomic E-state index is 0.0173. The second kappa shape index (κ2) is 11.2. The number of thiophene rings is 2. The summed E-state index contributed by atoms with van der Waals surface area (Å²) < 4.78 is 12.8. The Morgan fingerprint density at radius 2 is 1.19 bits per heavy atom. The van der Waals surface area contributed by atoms with Gasteiger partial charge in [-0.15, -0.1) is 22.7 Å². The van der Waals surface area contributed by atoms with Crippen LogP contribution in [0, 0.1) is 0 Å². The fraction of sp³-hybridized carbons (Fsp3) is 0.122. The molecule has 47 heavy (non-hydrogen) atoms. The lowest BCUT2D eigenvalue weighted by atomic mass is 9.61. The van der Waals surface area contributed by atoms with Crippen LogP contribution in [0.3, 0.4) is 0 Å². The van der Waals surface area contributed by atoms with Gasteiger partial charge in [0.05, 0.1) is 18.6 Å². The number of allylic oxidation sites excluding steroid dienone is 2. The molecule has 2 N–H and O–H groups in total. The normalized spacial score (nSPS) is 14.5. The van der Waals surface area contributed by atoms with Crippen molar-refractivity contribution < 1.29 is 19.7 Å². The van der Waals surface area contributed by atoms with E-state index in [0.717, 1.165) is 33.0 Å². The summed E-state index contributed by atoms with van der Waals surface area (Å²) in [6.45, 7) is 0.505. The highest BCUT2D eigenvalue weighted by Crippen LogP contribution is 2.59. The van der Waals surface area contributed by atoms with Gasteiger partial charge in [-0.05, 0) is 149 Å². The Hall–Kier alpha value is -4.72. The Morgan fingerprint density at radius 1 is 0.574 bits per heavy atom. The monoisotopic (exact) mass is 650 g/mol. The third-order valence-electron chi connectivity index (χ3n) is 9.49. The molecule has 0 unspecified atom stereocenters. The maximum atomic E-state index is 9.27. The standard InChI is InChI=1S/C41H30O4S2/c42-11-13-44-33-7-3-25-17-31(5-1-27(25)19-33)41(32-6-2-28-20-34(45-14-12-43)8-4-26(28)18-32)37-10-16-47-40(37)24-36-35-21-29-9-15-46-39(29)23-30(35)22-38(36)41/h1-10,15-24,42-43H,11-14H2. The summed E-state index contributed by atoms with van der Waals surface area (Å²) in [5.74, 6) is 1.51. The molecule has 9 rings (SSSR count). The largest absolute Gasteiger partial charge is 0.491 e. The predicted octanol–water partition coefficient (Wildman–Crippen LogP) is 9.30. The van der Waals surface area contributed by atoms with E-state index in [2.05, 4.69) is 95.7 Å². The Balaban J connectivity index is 1.30. The van der Waals surface area contributed by atoms with Crippen LogP contribution in [-0.4, -0.2) is 36.6 Å². The van der Waals surface area contributed by atoms with Gasteiger partial charge in [-0.1, -0.05) is 36.4 Å². The number of hydrogen-bond donors (Lipinski definition) is 2. The molecule has 0 radical (unpaired) electrons. The van der Waals surface area contributed by atoms with E-state index in [9.17, 15) is 10.2 Å². The number of fused-ring (bicyclic) bond motifs is 7. The molecular weight excluding hydrogens is 621 g/mol. The molecule has 0 saturated carbocycles. The number of hydrogen-bond acceptors (Lipinski definition) is 6. The van der Waals surface area contributed by atoms with Gasteiger partial charge < -0.3 is 19.7 Å². The van der Waals surface area contributed by atoms with Gasteiger partial charge in [-0.3, -0.25) is 0 Å².